The van der Waals surface area contributed by atoms with Gasteiger partial charge in [-0.05, 0) is 69.9 Å². The smallest absolute Gasteiger partial charge is 0.338 e. The molecule has 8 nitrogen and oxygen atoms in total. The monoisotopic (exact) mass is 461 g/mol. The first kappa shape index (κ1) is 22.4. The summed E-state index contributed by atoms with van der Waals surface area (Å²) in [6, 6.07) is 9.56. The lowest BCUT2D eigenvalue weighted by molar-refractivity contribution is 0.0377. The Morgan fingerprint density at radius 3 is 2.59 bits per heavy atom. The first-order chi connectivity index (χ1) is 16.3. The molecule has 1 fully saturated rings. The average molecular weight is 462 g/mol. The van der Waals surface area contributed by atoms with E-state index in [1.807, 2.05) is 38.5 Å². The van der Waals surface area contributed by atoms with E-state index in [2.05, 4.69) is 16.7 Å². The molecule has 1 aromatic carbocycles. The second kappa shape index (κ2) is 8.43. The maximum absolute atomic E-state index is 12.6. The predicted molar refractivity (Wildman–Crippen MR) is 132 cm³/mol. The highest BCUT2D eigenvalue weighted by Crippen LogP contribution is 2.37. The maximum atomic E-state index is 12.6. The van der Waals surface area contributed by atoms with Crippen LogP contribution in [0.4, 0.5) is 0 Å². The van der Waals surface area contributed by atoms with Crippen molar-refractivity contribution < 1.29 is 14.3 Å². The standard InChI is InChI=1S/C26H31N5O3/c1-14(2)34-26(32)18-10-20-23(22(12-18)33-5)30(4)25(29-20)21-11-17-8-9-19(15(3)27)28-24(17)31(21)13-16-6-7-16/h8-12,14-16H,6-7,13,27H2,1-5H3/t15-/m1/s1. The van der Waals surface area contributed by atoms with Crippen molar-refractivity contribution in [1.82, 2.24) is 19.1 Å². The summed E-state index contributed by atoms with van der Waals surface area (Å²) in [5.41, 5.74) is 10.8. The van der Waals surface area contributed by atoms with Gasteiger partial charge in [0, 0.05) is 25.0 Å². The lowest BCUT2D eigenvalue weighted by Gasteiger charge is -2.12. The van der Waals surface area contributed by atoms with Crippen LogP contribution in [0, 0.1) is 5.92 Å². The summed E-state index contributed by atoms with van der Waals surface area (Å²) in [5, 5.41) is 1.06. The number of carbonyl (C=O) groups is 1. The summed E-state index contributed by atoms with van der Waals surface area (Å²) in [4.78, 5) is 22.4. The fraction of sp³-hybridized carbons (Fsp3) is 0.423. The lowest BCUT2D eigenvalue weighted by Crippen LogP contribution is -2.11. The van der Waals surface area contributed by atoms with E-state index in [4.69, 9.17) is 25.2 Å². The van der Waals surface area contributed by atoms with E-state index in [9.17, 15) is 4.79 Å². The highest BCUT2D eigenvalue weighted by atomic mass is 16.5. The summed E-state index contributed by atoms with van der Waals surface area (Å²) >= 11 is 0. The number of hydrogen-bond donors (Lipinski definition) is 1. The number of pyridine rings is 1. The molecular weight excluding hydrogens is 430 g/mol. The van der Waals surface area contributed by atoms with Crippen LogP contribution >= 0.6 is 0 Å². The van der Waals surface area contributed by atoms with Crippen LogP contribution in [-0.2, 0) is 18.3 Å². The van der Waals surface area contributed by atoms with E-state index < -0.39 is 5.97 Å². The number of rotatable bonds is 7. The van der Waals surface area contributed by atoms with Crippen molar-refractivity contribution in [2.45, 2.75) is 52.3 Å². The molecule has 0 radical (unpaired) electrons. The maximum Gasteiger partial charge on any atom is 0.338 e. The molecule has 8 heteroatoms. The molecule has 0 unspecified atom stereocenters. The molecule has 0 spiro atoms. The van der Waals surface area contributed by atoms with Crippen LogP contribution in [-0.4, -0.2) is 38.3 Å². The highest BCUT2D eigenvalue weighted by molar-refractivity contribution is 5.97. The minimum absolute atomic E-state index is 0.138. The number of fused-ring (bicyclic) bond motifs is 2. The highest BCUT2D eigenvalue weighted by Gasteiger charge is 2.27. The number of nitrogens with zero attached hydrogens (tertiary/aromatic N) is 4. The minimum Gasteiger partial charge on any atom is -0.494 e. The number of hydrogen-bond acceptors (Lipinski definition) is 6. The van der Waals surface area contributed by atoms with Gasteiger partial charge < -0.3 is 24.3 Å². The van der Waals surface area contributed by atoms with Gasteiger partial charge in [-0.3, -0.25) is 0 Å². The van der Waals surface area contributed by atoms with Gasteiger partial charge in [0.2, 0.25) is 0 Å². The second-order valence-electron chi connectivity index (χ2n) is 9.52. The van der Waals surface area contributed by atoms with E-state index in [1.165, 1.54) is 12.8 Å². The Morgan fingerprint density at radius 1 is 1.18 bits per heavy atom. The molecule has 178 valence electrons. The Labute approximate surface area is 198 Å². The predicted octanol–water partition coefficient (Wildman–Crippen LogP) is 4.59. The number of benzene rings is 1. The van der Waals surface area contributed by atoms with E-state index in [-0.39, 0.29) is 12.1 Å². The molecule has 0 saturated heterocycles. The van der Waals surface area contributed by atoms with Crippen molar-refractivity contribution in [2.75, 3.05) is 7.11 Å². The number of carbonyl (C=O) groups excluding carboxylic acids is 1. The van der Waals surface area contributed by atoms with Crippen molar-refractivity contribution in [2.24, 2.45) is 18.7 Å². The molecule has 1 aliphatic carbocycles. The van der Waals surface area contributed by atoms with Gasteiger partial charge in [0.1, 0.15) is 16.9 Å². The third kappa shape index (κ3) is 3.92. The minimum atomic E-state index is -0.391. The molecule has 0 amide bonds. The number of nitrogens with two attached hydrogens (primary N) is 1. The van der Waals surface area contributed by atoms with Crippen molar-refractivity contribution in [3.05, 3.63) is 41.6 Å². The average Bonchev–Trinajstić information content (AvgIpc) is 3.47. The molecule has 1 saturated carbocycles. The number of aryl methyl sites for hydroxylation is 1. The lowest BCUT2D eigenvalue weighted by atomic mass is 10.2. The zero-order valence-electron chi connectivity index (χ0n) is 20.3. The van der Waals surface area contributed by atoms with Crippen molar-refractivity contribution in [3.8, 4) is 17.3 Å². The molecule has 5 rings (SSSR count). The molecule has 4 aromatic rings. The van der Waals surface area contributed by atoms with Gasteiger partial charge >= 0.3 is 5.97 Å². The van der Waals surface area contributed by atoms with Crippen LogP contribution in [0.5, 0.6) is 5.75 Å². The van der Waals surface area contributed by atoms with Gasteiger partial charge in [-0.25, -0.2) is 14.8 Å². The summed E-state index contributed by atoms with van der Waals surface area (Å²) in [6.07, 6.45) is 2.24. The zero-order chi connectivity index (χ0) is 24.1. The van der Waals surface area contributed by atoms with E-state index in [0.29, 0.717) is 22.7 Å². The van der Waals surface area contributed by atoms with Crippen LogP contribution in [0.3, 0.4) is 0 Å². The second-order valence-corrected chi connectivity index (χ2v) is 9.52. The first-order valence-electron chi connectivity index (χ1n) is 11.8. The Morgan fingerprint density at radius 2 is 1.94 bits per heavy atom. The SMILES string of the molecule is COc1cc(C(=O)OC(C)C)cc2nc(-c3cc4ccc([C@@H](C)N)nc4n3CC3CC3)n(C)c12. The van der Waals surface area contributed by atoms with Crippen molar-refractivity contribution in [1.29, 1.82) is 0 Å². The van der Waals surface area contributed by atoms with Crippen LogP contribution in [0.25, 0.3) is 33.6 Å². The Hall–Kier alpha value is -3.39. The molecule has 3 aromatic heterocycles. The van der Waals surface area contributed by atoms with E-state index >= 15 is 0 Å². The van der Waals surface area contributed by atoms with Gasteiger partial charge in [-0.15, -0.1) is 0 Å². The van der Waals surface area contributed by atoms with Crippen LogP contribution in [0.1, 0.15) is 55.7 Å². The summed E-state index contributed by atoms with van der Waals surface area (Å²) in [5.74, 6) is 1.63. The third-order valence-corrected chi connectivity index (χ3v) is 6.33. The largest absolute Gasteiger partial charge is 0.494 e. The van der Waals surface area contributed by atoms with Gasteiger partial charge in [-0.1, -0.05) is 0 Å². The Kier molecular flexibility index (Phi) is 5.56. The normalized spacial score (nSPS) is 14.8. The molecule has 2 N–H and O–H groups in total. The quantitative estimate of drug-likeness (QED) is 0.404. The van der Waals surface area contributed by atoms with E-state index in [0.717, 1.165) is 40.3 Å². The first-order valence-corrected chi connectivity index (χ1v) is 11.8. The Balaban J connectivity index is 1.70. The Bertz CT molecular complexity index is 1390. The van der Waals surface area contributed by atoms with Gasteiger partial charge in [0.15, 0.2) is 5.82 Å². The van der Waals surface area contributed by atoms with Gasteiger partial charge in [-0.2, -0.15) is 0 Å². The number of ether oxygens (including phenoxy) is 2. The number of methoxy groups -OCH3 is 1. The third-order valence-electron chi connectivity index (χ3n) is 6.33. The van der Waals surface area contributed by atoms with Gasteiger partial charge in [0.25, 0.3) is 0 Å². The molecule has 34 heavy (non-hydrogen) atoms. The topological polar surface area (TPSA) is 97.2 Å². The van der Waals surface area contributed by atoms with Crippen LogP contribution in [0.15, 0.2) is 30.3 Å². The van der Waals surface area contributed by atoms with Crippen molar-refractivity contribution >= 4 is 28.0 Å². The number of aromatic nitrogens is 4. The van der Waals surface area contributed by atoms with Crippen LogP contribution in [0.2, 0.25) is 0 Å². The molecule has 1 atom stereocenters. The fourth-order valence-corrected chi connectivity index (χ4v) is 4.42. The summed E-state index contributed by atoms with van der Waals surface area (Å²) < 4.78 is 15.3. The van der Waals surface area contributed by atoms with Crippen molar-refractivity contribution in [3.63, 3.8) is 0 Å². The summed E-state index contributed by atoms with van der Waals surface area (Å²) in [7, 11) is 3.57. The zero-order valence-corrected chi connectivity index (χ0v) is 20.3. The molecule has 0 aliphatic heterocycles. The molecule has 1 aliphatic rings. The van der Waals surface area contributed by atoms with E-state index in [1.54, 1.807) is 19.2 Å². The number of imidazole rings is 1. The van der Waals surface area contributed by atoms with Gasteiger partial charge in [0.05, 0.1) is 35.7 Å². The molecular formula is C26H31N5O3. The fourth-order valence-electron chi connectivity index (χ4n) is 4.42. The molecule has 0 bridgehead atoms. The summed E-state index contributed by atoms with van der Waals surface area (Å²) in [6.45, 7) is 6.50. The van der Waals surface area contributed by atoms with Crippen LogP contribution < -0.4 is 10.5 Å². The molecule has 3 heterocycles. The number of esters is 1.